The summed E-state index contributed by atoms with van der Waals surface area (Å²) >= 11 is 0. The largest absolute Gasteiger partial charge is 0.508 e. The van der Waals surface area contributed by atoms with Gasteiger partial charge in [-0.05, 0) is 62.2 Å². The minimum atomic E-state index is -0.948. The van der Waals surface area contributed by atoms with Crippen molar-refractivity contribution in [3.05, 3.63) is 47.7 Å². The van der Waals surface area contributed by atoms with Gasteiger partial charge in [-0.2, -0.15) is 9.97 Å². The molecular formula is C35H34F4N6O2. The fraction of sp³-hybridized carbons (Fsp3) is 0.457. The second kappa shape index (κ2) is 11.2. The van der Waals surface area contributed by atoms with Crippen LogP contribution in [0.2, 0.25) is 0 Å². The van der Waals surface area contributed by atoms with Crippen LogP contribution in [0.15, 0.2) is 30.5 Å². The summed E-state index contributed by atoms with van der Waals surface area (Å²) in [5.74, 6) is 1.11. The highest BCUT2D eigenvalue weighted by Gasteiger charge is 2.50. The lowest BCUT2D eigenvalue weighted by Gasteiger charge is -2.42. The number of phenolic OH excluding ortho intramolecular Hbond substituents is 1. The van der Waals surface area contributed by atoms with Crippen LogP contribution < -0.4 is 15.0 Å². The highest BCUT2D eigenvalue weighted by atomic mass is 19.1. The van der Waals surface area contributed by atoms with Gasteiger partial charge in [-0.1, -0.05) is 12.0 Å². The summed E-state index contributed by atoms with van der Waals surface area (Å²) in [5, 5.41) is 15.1. The number of anilines is 1. The minimum absolute atomic E-state index is 0.0615. The van der Waals surface area contributed by atoms with Crippen LogP contribution in [-0.2, 0) is 0 Å². The van der Waals surface area contributed by atoms with E-state index >= 15 is 4.39 Å². The molecule has 2 bridgehead atoms. The first-order valence-corrected chi connectivity index (χ1v) is 16.1. The number of hydrogen-bond acceptors (Lipinski definition) is 8. The van der Waals surface area contributed by atoms with Crippen molar-refractivity contribution in [2.45, 2.75) is 61.8 Å². The van der Waals surface area contributed by atoms with E-state index in [2.05, 4.69) is 26.1 Å². The number of ether oxygens (including phenoxy) is 1. The molecule has 0 radical (unpaired) electrons. The summed E-state index contributed by atoms with van der Waals surface area (Å²) in [6.45, 7) is 1.83. The van der Waals surface area contributed by atoms with Crippen molar-refractivity contribution >= 4 is 27.5 Å². The van der Waals surface area contributed by atoms with E-state index in [-0.39, 0.29) is 52.1 Å². The Kier molecular flexibility index (Phi) is 7.18. The van der Waals surface area contributed by atoms with E-state index in [0.717, 1.165) is 32.2 Å². The van der Waals surface area contributed by atoms with E-state index in [0.29, 0.717) is 49.1 Å². The zero-order chi connectivity index (χ0) is 32.5. The lowest BCUT2D eigenvalue weighted by molar-refractivity contribution is 0.107. The predicted octanol–water partition coefficient (Wildman–Crippen LogP) is 5.44. The summed E-state index contributed by atoms with van der Waals surface area (Å²) in [5.41, 5.74) is -1.15. The zero-order valence-electron chi connectivity index (χ0n) is 25.7. The quantitative estimate of drug-likeness (QED) is 0.203. The van der Waals surface area contributed by atoms with Gasteiger partial charge in [0.1, 0.15) is 41.4 Å². The van der Waals surface area contributed by atoms with Gasteiger partial charge in [-0.15, -0.1) is 6.42 Å². The number of benzene rings is 2. The van der Waals surface area contributed by atoms with Gasteiger partial charge in [0.15, 0.2) is 5.82 Å². The minimum Gasteiger partial charge on any atom is -0.508 e. The smallest absolute Gasteiger partial charge is 0.319 e. The van der Waals surface area contributed by atoms with Crippen LogP contribution in [0, 0.1) is 24.0 Å². The van der Waals surface area contributed by atoms with Crippen molar-refractivity contribution < 1.29 is 27.4 Å². The Morgan fingerprint density at radius 2 is 2.04 bits per heavy atom. The molecule has 4 aliphatic heterocycles. The molecule has 2 N–H and O–H groups in total. The molecule has 4 aliphatic rings. The molecule has 0 spiro atoms. The van der Waals surface area contributed by atoms with Gasteiger partial charge in [0.25, 0.3) is 0 Å². The monoisotopic (exact) mass is 646 g/mol. The predicted molar refractivity (Wildman–Crippen MR) is 170 cm³/mol. The number of pyridine rings is 1. The Bertz CT molecular complexity index is 1950. The molecule has 0 amide bonds. The van der Waals surface area contributed by atoms with Gasteiger partial charge < -0.3 is 20.1 Å². The van der Waals surface area contributed by atoms with E-state index in [4.69, 9.17) is 16.1 Å². The van der Waals surface area contributed by atoms with Gasteiger partial charge in [-0.25, -0.2) is 13.2 Å². The number of nitrogens with one attached hydrogen (secondary N) is 1. The van der Waals surface area contributed by atoms with Crippen LogP contribution in [0.4, 0.5) is 23.4 Å². The lowest BCUT2D eigenvalue weighted by Crippen LogP contribution is -2.60. The fourth-order valence-corrected chi connectivity index (χ4v) is 8.52. The number of rotatable bonds is 7. The summed E-state index contributed by atoms with van der Waals surface area (Å²) in [6, 6.07) is 5.42. The third-order valence-electron chi connectivity index (χ3n) is 10.6. The van der Waals surface area contributed by atoms with E-state index < -0.39 is 35.6 Å². The summed E-state index contributed by atoms with van der Waals surface area (Å²) < 4.78 is 66.1. The van der Waals surface area contributed by atoms with Gasteiger partial charge in [0.2, 0.25) is 0 Å². The molecule has 2 aromatic carbocycles. The normalized spacial score (nSPS) is 27.1. The number of aromatic nitrogens is 3. The maximum absolute atomic E-state index is 16.9. The summed E-state index contributed by atoms with van der Waals surface area (Å²) in [4.78, 5) is 17.9. The van der Waals surface area contributed by atoms with Gasteiger partial charge in [0.05, 0.1) is 23.2 Å². The standard InChI is InChI=1S/C35H34F4N6O2/c1-2-24-27(38)5-4-20-12-23(46)13-25(28(20)24)30-29(39)31-26(15-40-30)32(44-17-22-6-8-34(18-44,43-22)9-10-36)42-33(41-31)47-19-35-7-3-11-45(35)16-21(37)14-35/h1,4-5,12-13,15,21-22,43,46H,3,6-11,14,16-19H2/t21-,22?,34?,35+/m1/s1. The molecule has 0 saturated carbocycles. The number of hydrogen-bond donors (Lipinski definition) is 2. The Labute approximate surface area is 269 Å². The van der Waals surface area contributed by atoms with Crippen LogP contribution in [0.25, 0.3) is 32.9 Å². The molecule has 8 rings (SSSR count). The van der Waals surface area contributed by atoms with Crippen molar-refractivity contribution in [1.29, 1.82) is 0 Å². The molecule has 244 valence electrons. The number of nitrogens with zero attached hydrogens (tertiary/aromatic N) is 5. The lowest BCUT2D eigenvalue weighted by atomic mass is 9.93. The van der Waals surface area contributed by atoms with Crippen LogP contribution in [0.5, 0.6) is 11.8 Å². The fourth-order valence-electron chi connectivity index (χ4n) is 8.52. The first kappa shape index (κ1) is 30.1. The number of fused-ring (bicyclic) bond motifs is 5. The van der Waals surface area contributed by atoms with Gasteiger partial charge >= 0.3 is 6.01 Å². The molecule has 12 heteroatoms. The van der Waals surface area contributed by atoms with Gasteiger partial charge in [0, 0.05) is 54.8 Å². The third kappa shape index (κ3) is 4.93. The maximum Gasteiger partial charge on any atom is 0.319 e. The van der Waals surface area contributed by atoms with E-state index in [1.807, 2.05) is 4.90 Å². The molecule has 47 heavy (non-hydrogen) atoms. The molecule has 4 aromatic rings. The molecular weight excluding hydrogens is 612 g/mol. The number of halogens is 4. The number of piperazine rings is 1. The zero-order valence-corrected chi connectivity index (χ0v) is 25.7. The number of alkyl halides is 2. The highest BCUT2D eigenvalue weighted by Crippen LogP contribution is 2.43. The Morgan fingerprint density at radius 1 is 1.17 bits per heavy atom. The van der Waals surface area contributed by atoms with Crippen LogP contribution in [0.3, 0.4) is 0 Å². The molecule has 2 aromatic heterocycles. The second-order valence-corrected chi connectivity index (χ2v) is 13.5. The van der Waals surface area contributed by atoms with Crippen molar-refractivity contribution in [2.75, 3.05) is 44.4 Å². The van der Waals surface area contributed by atoms with Crippen molar-refractivity contribution in [3.63, 3.8) is 0 Å². The molecule has 4 saturated heterocycles. The van der Waals surface area contributed by atoms with E-state index in [1.165, 1.54) is 30.5 Å². The second-order valence-electron chi connectivity index (χ2n) is 13.5. The number of phenols is 1. The number of terminal acetylenes is 1. The van der Waals surface area contributed by atoms with Crippen LogP contribution in [0.1, 0.15) is 44.1 Å². The molecule has 2 unspecified atom stereocenters. The average molecular weight is 647 g/mol. The van der Waals surface area contributed by atoms with E-state index in [1.54, 1.807) is 0 Å². The summed E-state index contributed by atoms with van der Waals surface area (Å²) in [7, 11) is 0. The molecule has 4 fully saturated rings. The van der Waals surface area contributed by atoms with Crippen molar-refractivity contribution in [1.82, 2.24) is 25.2 Å². The topological polar surface area (TPSA) is 86.6 Å². The molecule has 4 atom stereocenters. The third-order valence-corrected chi connectivity index (χ3v) is 10.6. The van der Waals surface area contributed by atoms with Crippen LogP contribution in [-0.4, -0.2) is 87.7 Å². The molecule has 8 nitrogen and oxygen atoms in total. The first-order valence-electron chi connectivity index (χ1n) is 16.1. The molecule has 6 heterocycles. The molecule has 0 aliphatic carbocycles. The van der Waals surface area contributed by atoms with Crippen molar-refractivity contribution in [3.8, 4) is 35.4 Å². The SMILES string of the molecule is C#Cc1c(F)ccc2cc(O)cc(-c3ncc4c(N5CC6CCC(CCF)(C5)N6)nc(OC[C@@]56CCCN5C[C@H](F)C6)nc4c3F)c12. The average Bonchev–Trinajstić information content (AvgIpc) is 3.68. The Hall–Kier alpha value is -4.21. The van der Waals surface area contributed by atoms with Gasteiger partial charge in [-0.3, -0.25) is 14.3 Å². The summed E-state index contributed by atoms with van der Waals surface area (Å²) in [6.07, 6.45) is 10.3. The van der Waals surface area contributed by atoms with Crippen LogP contribution >= 0.6 is 0 Å². The first-order chi connectivity index (χ1) is 22.7. The maximum atomic E-state index is 16.9. The Morgan fingerprint density at radius 3 is 2.87 bits per heavy atom. The van der Waals surface area contributed by atoms with Crippen molar-refractivity contribution in [2.24, 2.45) is 0 Å². The Balaban J connectivity index is 1.28. The highest BCUT2D eigenvalue weighted by molar-refractivity contribution is 6.03. The number of aromatic hydroxyl groups is 1. The van der Waals surface area contributed by atoms with E-state index in [9.17, 15) is 18.3 Å².